The Kier molecular flexibility index (Phi) is 7.25. The van der Waals surface area contributed by atoms with Gasteiger partial charge in [-0.25, -0.2) is 9.79 Å². The molecule has 0 amide bonds. The summed E-state index contributed by atoms with van der Waals surface area (Å²) in [7, 11) is 1.47. The number of methoxy groups -OCH3 is 1. The zero-order valence-electron chi connectivity index (χ0n) is 18.0. The van der Waals surface area contributed by atoms with Gasteiger partial charge in [-0.1, -0.05) is 46.9 Å². The number of carbonyl (C=O) groups is 1. The second kappa shape index (κ2) is 10.4. The van der Waals surface area contributed by atoms with Crippen LogP contribution in [0.1, 0.15) is 16.7 Å². The summed E-state index contributed by atoms with van der Waals surface area (Å²) >= 11 is 18.5. The van der Waals surface area contributed by atoms with Crippen LogP contribution >= 0.6 is 34.8 Å². The van der Waals surface area contributed by atoms with Crippen molar-refractivity contribution in [1.29, 1.82) is 0 Å². The SMILES string of the molecule is COc1cc(/C=C2\N=C(c3ccc([N+](=O)[O-])cc3Cl)OC2=O)cc(Cl)c1OCc1ccc(Cl)cc1. The summed E-state index contributed by atoms with van der Waals surface area (Å²) in [6, 6.07) is 14.2. The van der Waals surface area contributed by atoms with E-state index in [-0.39, 0.29) is 39.5 Å². The summed E-state index contributed by atoms with van der Waals surface area (Å²) in [5.41, 5.74) is 1.44. The molecule has 0 unspecified atom stereocenters. The molecular weight excluding hydrogens is 519 g/mol. The van der Waals surface area contributed by atoms with E-state index in [0.29, 0.717) is 22.1 Å². The number of nitro groups is 1. The lowest BCUT2D eigenvalue weighted by atomic mass is 10.1. The second-order valence-electron chi connectivity index (χ2n) is 7.21. The number of benzene rings is 3. The van der Waals surface area contributed by atoms with Crippen molar-refractivity contribution >= 4 is 58.4 Å². The van der Waals surface area contributed by atoms with Crippen LogP contribution in [-0.4, -0.2) is 23.9 Å². The first-order chi connectivity index (χ1) is 16.7. The van der Waals surface area contributed by atoms with Gasteiger partial charge in [0.05, 0.1) is 27.6 Å². The normalized spacial score (nSPS) is 14.0. The minimum absolute atomic E-state index is 0.0117. The maximum Gasteiger partial charge on any atom is 0.363 e. The molecule has 0 atom stereocenters. The Morgan fingerprint density at radius 2 is 1.80 bits per heavy atom. The van der Waals surface area contributed by atoms with Gasteiger partial charge in [0.1, 0.15) is 6.61 Å². The van der Waals surface area contributed by atoms with Crippen LogP contribution in [0.4, 0.5) is 5.69 Å². The maximum atomic E-state index is 12.4. The summed E-state index contributed by atoms with van der Waals surface area (Å²) in [5, 5.41) is 11.8. The number of halogens is 3. The zero-order valence-corrected chi connectivity index (χ0v) is 20.2. The number of cyclic esters (lactones) is 1. The topological polar surface area (TPSA) is 100 Å². The molecule has 0 aromatic heterocycles. The Labute approximate surface area is 214 Å². The predicted octanol–water partition coefficient (Wildman–Crippen LogP) is 6.49. The van der Waals surface area contributed by atoms with E-state index in [1.165, 1.54) is 25.3 Å². The lowest BCUT2D eigenvalue weighted by Crippen LogP contribution is -2.06. The molecule has 0 saturated carbocycles. The minimum Gasteiger partial charge on any atom is -0.493 e. The van der Waals surface area contributed by atoms with E-state index in [4.69, 9.17) is 49.0 Å². The molecule has 0 N–H and O–H groups in total. The van der Waals surface area contributed by atoms with E-state index < -0.39 is 10.9 Å². The first-order valence-electron chi connectivity index (χ1n) is 9.97. The predicted molar refractivity (Wildman–Crippen MR) is 133 cm³/mol. The molecule has 0 fully saturated rings. The molecule has 0 aliphatic carbocycles. The van der Waals surface area contributed by atoms with Crippen LogP contribution < -0.4 is 9.47 Å². The molecule has 3 aromatic rings. The number of carbonyl (C=O) groups excluding carboxylic acids is 1. The van der Waals surface area contributed by atoms with Crippen molar-refractivity contribution in [3.63, 3.8) is 0 Å². The van der Waals surface area contributed by atoms with Gasteiger partial charge in [-0.15, -0.1) is 0 Å². The molecule has 3 aromatic carbocycles. The number of non-ortho nitro benzene ring substituents is 1. The first kappa shape index (κ1) is 24.5. The molecule has 4 rings (SSSR count). The number of aliphatic imine (C=N–C) groups is 1. The smallest absolute Gasteiger partial charge is 0.363 e. The van der Waals surface area contributed by atoms with Crippen molar-refractivity contribution in [2.75, 3.05) is 7.11 Å². The maximum absolute atomic E-state index is 12.4. The average Bonchev–Trinajstić information content (AvgIpc) is 3.18. The number of hydrogen-bond acceptors (Lipinski definition) is 7. The molecule has 1 aliphatic heterocycles. The number of ether oxygens (including phenoxy) is 3. The van der Waals surface area contributed by atoms with Crippen LogP contribution in [0.2, 0.25) is 15.1 Å². The standard InChI is InChI=1S/C24H15Cl3N2O6/c1-33-21-10-14(8-19(27)22(21)34-12-13-2-4-15(25)5-3-13)9-20-24(30)35-23(28-20)17-7-6-16(29(31)32)11-18(17)26/h2-11H,12H2,1H3/b20-9-. The summed E-state index contributed by atoms with van der Waals surface area (Å²) in [6.45, 7) is 0.240. The van der Waals surface area contributed by atoms with Gasteiger partial charge < -0.3 is 14.2 Å². The Balaban J connectivity index is 1.59. The fourth-order valence-electron chi connectivity index (χ4n) is 3.17. The number of nitro benzene ring substituents is 1. The van der Waals surface area contributed by atoms with Crippen molar-refractivity contribution in [3.05, 3.63) is 102 Å². The third-order valence-electron chi connectivity index (χ3n) is 4.87. The van der Waals surface area contributed by atoms with Crippen LogP contribution in [0.25, 0.3) is 6.08 Å². The second-order valence-corrected chi connectivity index (χ2v) is 8.46. The number of rotatable bonds is 7. The Morgan fingerprint density at radius 1 is 1.06 bits per heavy atom. The van der Waals surface area contributed by atoms with Crippen LogP contribution in [0.15, 0.2) is 65.3 Å². The quantitative estimate of drug-likeness (QED) is 0.149. The van der Waals surface area contributed by atoms with Crippen LogP contribution in [0.5, 0.6) is 11.5 Å². The fourth-order valence-corrected chi connectivity index (χ4v) is 3.83. The lowest BCUT2D eigenvalue weighted by Gasteiger charge is -2.13. The highest BCUT2D eigenvalue weighted by Crippen LogP contribution is 2.38. The van der Waals surface area contributed by atoms with Gasteiger partial charge >= 0.3 is 5.97 Å². The fraction of sp³-hybridized carbons (Fsp3) is 0.0833. The third kappa shape index (κ3) is 5.57. The summed E-state index contributed by atoms with van der Waals surface area (Å²) in [5.74, 6) is -0.0934. The minimum atomic E-state index is -0.715. The Bertz CT molecular complexity index is 1390. The van der Waals surface area contributed by atoms with Gasteiger partial charge in [0.2, 0.25) is 5.90 Å². The van der Waals surface area contributed by atoms with E-state index >= 15 is 0 Å². The average molecular weight is 534 g/mol. The van der Waals surface area contributed by atoms with Gasteiger partial charge in [0, 0.05) is 17.2 Å². The van der Waals surface area contributed by atoms with E-state index in [9.17, 15) is 14.9 Å². The molecule has 178 valence electrons. The summed E-state index contributed by atoms with van der Waals surface area (Å²) < 4.78 is 16.5. The molecule has 1 aliphatic rings. The molecule has 0 bridgehead atoms. The molecule has 35 heavy (non-hydrogen) atoms. The first-order valence-corrected chi connectivity index (χ1v) is 11.1. The monoisotopic (exact) mass is 532 g/mol. The van der Waals surface area contributed by atoms with E-state index in [1.807, 2.05) is 12.1 Å². The van der Waals surface area contributed by atoms with Gasteiger partial charge in [0.25, 0.3) is 5.69 Å². The van der Waals surface area contributed by atoms with Gasteiger partial charge in [-0.05, 0) is 47.5 Å². The lowest BCUT2D eigenvalue weighted by molar-refractivity contribution is -0.384. The molecule has 0 saturated heterocycles. The molecule has 1 heterocycles. The highest BCUT2D eigenvalue weighted by Gasteiger charge is 2.27. The highest BCUT2D eigenvalue weighted by atomic mass is 35.5. The zero-order chi connectivity index (χ0) is 25.1. The van der Waals surface area contributed by atoms with E-state index in [2.05, 4.69) is 4.99 Å². The molecular formula is C24H15Cl3N2O6. The molecule has 0 radical (unpaired) electrons. The van der Waals surface area contributed by atoms with Crippen molar-refractivity contribution in [2.24, 2.45) is 4.99 Å². The van der Waals surface area contributed by atoms with Crippen molar-refractivity contribution in [1.82, 2.24) is 0 Å². The van der Waals surface area contributed by atoms with E-state index in [1.54, 1.807) is 24.3 Å². The number of hydrogen-bond donors (Lipinski definition) is 0. The van der Waals surface area contributed by atoms with E-state index in [0.717, 1.165) is 11.6 Å². The summed E-state index contributed by atoms with van der Waals surface area (Å²) in [4.78, 5) is 26.9. The number of esters is 1. The molecule has 11 heteroatoms. The Morgan fingerprint density at radius 3 is 2.46 bits per heavy atom. The van der Waals surface area contributed by atoms with Crippen LogP contribution in [0, 0.1) is 10.1 Å². The van der Waals surface area contributed by atoms with Gasteiger partial charge in [0.15, 0.2) is 17.2 Å². The Hall–Kier alpha value is -3.59. The van der Waals surface area contributed by atoms with Crippen molar-refractivity contribution in [2.45, 2.75) is 6.61 Å². The van der Waals surface area contributed by atoms with Gasteiger partial charge in [-0.3, -0.25) is 10.1 Å². The van der Waals surface area contributed by atoms with Crippen molar-refractivity contribution < 1.29 is 23.9 Å². The van der Waals surface area contributed by atoms with Crippen molar-refractivity contribution in [3.8, 4) is 11.5 Å². The van der Waals surface area contributed by atoms with Gasteiger partial charge in [-0.2, -0.15) is 0 Å². The van der Waals surface area contributed by atoms with Crippen LogP contribution in [-0.2, 0) is 16.1 Å². The number of nitrogens with zero attached hydrogens (tertiary/aromatic N) is 2. The summed E-state index contributed by atoms with van der Waals surface area (Å²) in [6.07, 6.45) is 1.46. The third-order valence-corrected chi connectivity index (χ3v) is 5.71. The highest BCUT2D eigenvalue weighted by molar-refractivity contribution is 6.35. The molecule has 0 spiro atoms. The van der Waals surface area contributed by atoms with Crippen LogP contribution in [0.3, 0.4) is 0 Å². The molecule has 8 nitrogen and oxygen atoms in total. The largest absolute Gasteiger partial charge is 0.493 e.